The lowest BCUT2D eigenvalue weighted by Gasteiger charge is -2.29. The molecule has 1 amide bonds. The third-order valence-corrected chi connectivity index (χ3v) is 4.67. The molecular weight excluding hydrogens is 375 g/mol. The normalized spacial score (nSPS) is 11.2. The van der Waals surface area contributed by atoms with Gasteiger partial charge in [-0.1, -0.05) is 13.8 Å². The zero-order valence-corrected chi connectivity index (χ0v) is 16.5. The molecule has 0 fully saturated rings. The van der Waals surface area contributed by atoms with Crippen LogP contribution in [0.15, 0.2) is 29.4 Å². The van der Waals surface area contributed by atoms with Gasteiger partial charge in [-0.25, -0.2) is 13.1 Å². The minimum atomic E-state index is -3.62. The van der Waals surface area contributed by atoms with E-state index in [0.29, 0.717) is 13.1 Å². The largest absolute Gasteiger partial charge is 0.345 e. The van der Waals surface area contributed by atoms with Crippen LogP contribution in [0, 0.1) is 5.41 Å². The third kappa shape index (κ3) is 8.25. The predicted molar refractivity (Wildman–Crippen MR) is 99.0 cm³/mol. The average molecular weight is 401 g/mol. The van der Waals surface area contributed by atoms with Crippen molar-refractivity contribution in [2.24, 2.45) is 11.1 Å². The lowest BCUT2D eigenvalue weighted by Crippen LogP contribution is -2.40. The van der Waals surface area contributed by atoms with Gasteiger partial charge in [-0.2, -0.15) is 0 Å². The minimum Gasteiger partial charge on any atom is -0.345 e. The number of nitrogens with one attached hydrogen (secondary N) is 1. The molecule has 0 saturated carbocycles. The van der Waals surface area contributed by atoms with Crippen LogP contribution in [0.25, 0.3) is 0 Å². The first-order chi connectivity index (χ1) is 10.2. The van der Waals surface area contributed by atoms with Crippen molar-refractivity contribution in [3.63, 3.8) is 0 Å². The summed E-state index contributed by atoms with van der Waals surface area (Å²) in [4.78, 5) is 17.4. The molecule has 0 aliphatic heterocycles. The quantitative estimate of drug-likeness (QED) is 0.677. The Morgan fingerprint density at radius 3 is 2.50 bits per heavy atom. The molecule has 1 aromatic rings. The van der Waals surface area contributed by atoms with E-state index in [1.165, 1.54) is 18.5 Å². The number of carbonyl (C=O) groups excluding carboxylic acids is 1. The van der Waals surface area contributed by atoms with Gasteiger partial charge in [0, 0.05) is 39.0 Å². The molecule has 3 N–H and O–H groups in total. The number of hydrogen-bond acceptors (Lipinski definition) is 5. The molecule has 0 aliphatic carbocycles. The van der Waals surface area contributed by atoms with Crippen molar-refractivity contribution in [3.8, 4) is 0 Å². The fourth-order valence-electron chi connectivity index (χ4n) is 1.87. The van der Waals surface area contributed by atoms with E-state index in [2.05, 4.69) is 9.71 Å². The van der Waals surface area contributed by atoms with Gasteiger partial charge in [0.1, 0.15) is 4.90 Å². The summed E-state index contributed by atoms with van der Waals surface area (Å²) < 4.78 is 26.3. The Morgan fingerprint density at radius 1 is 1.38 bits per heavy atom. The van der Waals surface area contributed by atoms with Crippen molar-refractivity contribution in [2.75, 3.05) is 26.7 Å². The maximum Gasteiger partial charge on any atom is 0.242 e. The Kier molecular flexibility index (Phi) is 11.4. The smallest absolute Gasteiger partial charge is 0.242 e. The summed E-state index contributed by atoms with van der Waals surface area (Å²) in [6, 6.07) is 3.00. The van der Waals surface area contributed by atoms with Crippen LogP contribution in [0.5, 0.6) is 0 Å². The number of sulfonamides is 1. The lowest BCUT2D eigenvalue weighted by atomic mass is 9.93. The van der Waals surface area contributed by atoms with Crippen LogP contribution in [0.3, 0.4) is 0 Å². The van der Waals surface area contributed by atoms with E-state index < -0.39 is 10.0 Å². The molecule has 0 aromatic carbocycles. The summed E-state index contributed by atoms with van der Waals surface area (Å²) in [7, 11) is -1.93. The van der Waals surface area contributed by atoms with E-state index in [4.69, 9.17) is 5.73 Å². The number of rotatable bonds is 8. The molecule has 1 aromatic heterocycles. The molecule has 0 bridgehead atoms. The van der Waals surface area contributed by atoms with Gasteiger partial charge in [-0.15, -0.1) is 24.8 Å². The molecule has 1 rings (SSSR count). The summed E-state index contributed by atoms with van der Waals surface area (Å²) >= 11 is 0. The topological polar surface area (TPSA) is 105 Å². The first kappa shape index (κ1) is 25.3. The molecule has 0 unspecified atom stereocenters. The molecule has 7 nitrogen and oxygen atoms in total. The number of carbonyl (C=O) groups is 1. The fraction of sp³-hybridized carbons (Fsp3) is 0.571. The van der Waals surface area contributed by atoms with Gasteiger partial charge in [0.05, 0.1) is 0 Å². The summed E-state index contributed by atoms with van der Waals surface area (Å²) in [5.74, 6) is -0.129. The van der Waals surface area contributed by atoms with Crippen LogP contribution in [0.2, 0.25) is 0 Å². The Hall–Kier alpha value is -0.930. The monoisotopic (exact) mass is 400 g/mol. The third-order valence-electron chi connectivity index (χ3n) is 3.22. The summed E-state index contributed by atoms with van der Waals surface area (Å²) in [6.07, 6.45) is 2.85. The molecule has 10 heteroatoms. The molecule has 0 spiro atoms. The molecule has 0 atom stereocenters. The highest BCUT2D eigenvalue weighted by atomic mass is 35.5. The van der Waals surface area contributed by atoms with Crippen LogP contribution < -0.4 is 10.5 Å². The van der Waals surface area contributed by atoms with Gasteiger partial charge in [0.2, 0.25) is 15.9 Å². The number of halogens is 2. The maximum atomic E-state index is 12.0. The standard InChI is InChI=1S/C14H24N4O3S.2ClH/c1-14(2,10-15)11-18(3)13(19)6-8-17-22(20,21)12-5-4-7-16-9-12;;/h4-5,7,9,17H,6,8,10-11,15H2,1-3H3;2*1H. The van der Waals surface area contributed by atoms with Crippen LogP contribution in [-0.4, -0.2) is 50.9 Å². The summed E-state index contributed by atoms with van der Waals surface area (Å²) in [5.41, 5.74) is 5.47. The Labute approximate surface area is 156 Å². The number of nitrogens with two attached hydrogens (primary N) is 1. The van der Waals surface area contributed by atoms with Crippen molar-refractivity contribution in [1.29, 1.82) is 0 Å². The van der Waals surface area contributed by atoms with E-state index in [0.717, 1.165) is 0 Å². The maximum absolute atomic E-state index is 12.0. The number of nitrogens with zero attached hydrogens (tertiary/aromatic N) is 2. The van der Waals surface area contributed by atoms with Crippen molar-refractivity contribution in [3.05, 3.63) is 24.5 Å². The zero-order chi connectivity index (χ0) is 16.8. The molecule has 1 heterocycles. The highest BCUT2D eigenvalue weighted by Crippen LogP contribution is 2.14. The second-order valence-electron chi connectivity index (χ2n) is 5.95. The van der Waals surface area contributed by atoms with E-state index >= 15 is 0 Å². The van der Waals surface area contributed by atoms with E-state index in [9.17, 15) is 13.2 Å². The minimum absolute atomic E-state index is 0. The Morgan fingerprint density at radius 2 is 2.00 bits per heavy atom. The lowest BCUT2D eigenvalue weighted by molar-refractivity contribution is -0.130. The number of pyridine rings is 1. The van der Waals surface area contributed by atoms with Crippen LogP contribution in [-0.2, 0) is 14.8 Å². The van der Waals surface area contributed by atoms with E-state index in [1.54, 1.807) is 18.0 Å². The van der Waals surface area contributed by atoms with Crippen molar-refractivity contribution in [1.82, 2.24) is 14.6 Å². The first-order valence-corrected chi connectivity index (χ1v) is 8.50. The number of hydrogen-bond donors (Lipinski definition) is 2. The second kappa shape index (κ2) is 10.8. The molecule has 24 heavy (non-hydrogen) atoms. The average Bonchev–Trinajstić information content (AvgIpc) is 2.47. The van der Waals surface area contributed by atoms with E-state index in [1.807, 2.05) is 13.8 Å². The second-order valence-corrected chi connectivity index (χ2v) is 7.72. The highest BCUT2D eigenvalue weighted by Gasteiger charge is 2.21. The van der Waals surface area contributed by atoms with Gasteiger partial charge < -0.3 is 10.6 Å². The molecule has 0 aliphatic rings. The molecule has 140 valence electrons. The Bertz CT molecular complexity index is 597. The van der Waals surface area contributed by atoms with Crippen LogP contribution >= 0.6 is 24.8 Å². The molecular formula is C14H26Cl2N4O3S. The van der Waals surface area contributed by atoms with Gasteiger partial charge in [0.25, 0.3) is 0 Å². The molecule has 0 radical (unpaired) electrons. The van der Waals surface area contributed by atoms with Gasteiger partial charge in [-0.3, -0.25) is 9.78 Å². The SMILES string of the molecule is CN(CC(C)(C)CN)C(=O)CCNS(=O)(=O)c1cccnc1.Cl.Cl. The van der Waals surface area contributed by atoms with Gasteiger partial charge in [0.15, 0.2) is 0 Å². The highest BCUT2D eigenvalue weighted by molar-refractivity contribution is 7.89. The van der Waals surface area contributed by atoms with Crippen LogP contribution in [0.4, 0.5) is 0 Å². The summed E-state index contributed by atoms with van der Waals surface area (Å²) in [6.45, 7) is 4.99. The molecule has 0 saturated heterocycles. The summed E-state index contributed by atoms with van der Waals surface area (Å²) in [5, 5.41) is 0. The van der Waals surface area contributed by atoms with Crippen molar-refractivity contribution < 1.29 is 13.2 Å². The first-order valence-electron chi connectivity index (χ1n) is 7.02. The zero-order valence-electron chi connectivity index (χ0n) is 14.1. The van der Waals surface area contributed by atoms with Crippen molar-refractivity contribution in [2.45, 2.75) is 25.2 Å². The number of amides is 1. The Balaban J connectivity index is 0. The number of aromatic nitrogens is 1. The van der Waals surface area contributed by atoms with E-state index in [-0.39, 0.29) is 54.0 Å². The van der Waals surface area contributed by atoms with Gasteiger partial charge >= 0.3 is 0 Å². The van der Waals surface area contributed by atoms with Crippen molar-refractivity contribution >= 4 is 40.7 Å². The predicted octanol–water partition coefficient (Wildman–Crippen LogP) is 1.04. The van der Waals surface area contributed by atoms with Gasteiger partial charge in [-0.05, 0) is 24.1 Å². The fourth-order valence-corrected chi connectivity index (χ4v) is 2.86. The van der Waals surface area contributed by atoms with Crippen LogP contribution in [0.1, 0.15) is 20.3 Å².